The zero-order chi connectivity index (χ0) is 15.7. The molecular formula is C16H22N4O2. The molecule has 0 amide bonds. The number of hydrogen-bond acceptors (Lipinski definition) is 5. The summed E-state index contributed by atoms with van der Waals surface area (Å²) in [5.41, 5.74) is 2.31. The molecule has 0 saturated carbocycles. The van der Waals surface area contributed by atoms with Crippen LogP contribution in [-0.2, 0) is 11.8 Å². The number of aldehydes is 1. The third-order valence-corrected chi connectivity index (χ3v) is 4.26. The number of fused-ring (bicyclic) bond motifs is 1. The third kappa shape index (κ3) is 2.59. The van der Waals surface area contributed by atoms with Gasteiger partial charge < -0.3 is 9.64 Å². The molecule has 0 spiro atoms. The maximum absolute atomic E-state index is 11.5. The molecule has 1 unspecified atom stereocenters. The largest absolute Gasteiger partial charge is 0.376 e. The lowest BCUT2D eigenvalue weighted by Gasteiger charge is -2.26. The van der Waals surface area contributed by atoms with Crippen LogP contribution in [-0.4, -0.2) is 46.9 Å². The Morgan fingerprint density at radius 3 is 3.00 bits per heavy atom. The van der Waals surface area contributed by atoms with E-state index in [0.717, 1.165) is 61.4 Å². The summed E-state index contributed by atoms with van der Waals surface area (Å²) in [7, 11) is 1.88. The second-order valence-electron chi connectivity index (χ2n) is 5.77. The van der Waals surface area contributed by atoms with Crippen molar-refractivity contribution in [2.24, 2.45) is 7.05 Å². The van der Waals surface area contributed by atoms with Gasteiger partial charge in [-0.25, -0.2) is 4.98 Å². The number of rotatable bonds is 5. The first-order valence-electron chi connectivity index (χ1n) is 7.80. The van der Waals surface area contributed by atoms with Crippen LogP contribution in [0.2, 0.25) is 0 Å². The number of carbonyl (C=O) groups is 1. The highest BCUT2D eigenvalue weighted by Gasteiger charge is 2.22. The van der Waals surface area contributed by atoms with Gasteiger partial charge in [-0.15, -0.1) is 0 Å². The number of likely N-dealkylation sites (N-methyl/N-ethyl adjacent to an activating group) is 1. The molecule has 2 aromatic heterocycles. The second-order valence-corrected chi connectivity index (χ2v) is 5.77. The van der Waals surface area contributed by atoms with E-state index in [-0.39, 0.29) is 6.10 Å². The van der Waals surface area contributed by atoms with E-state index < -0.39 is 0 Å². The Kier molecular flexibility index (Phi) is 4.11. The first kappa shape index (κ1) is 15.0. The highest BCUT2D eigenvalue weighted by Crippen LogP contribution is 2.25. The van der Waals surface area contributed by atoms with Crippen LogP contribution >= 0.6 is 0 Å². The van der Waals surface area contributed by atoms with Gasteiger partial charge in [0.2, 0.25) is 0 Å². The molecule has 2 aromatic rings. The minimum Gasteiger partial charge on any atom is -0.376 e. The van der Waals surface area contributed by atoms with Crippen molar-refractivity contribution in [2.75, 3.05) is 24.6 Å². The van der Waals surface area contributed by atoms with Crippen LogP contribution in [0.5, 0.6) is 0 Å². The van der Waals surface area contributed by atoms with Gasteiger partial charge in [-0.1, -0.05) is 0 Å². The van der Waals surface area contributed by atoms with Gasteiger partial charge >= 0.3 is 0 Å². The standard InChI is InChI=1S/C16H22N4O2/c1-4-20(9-13-6-5-7-22-13)15-12(10-21)8-14-11(2)18-19(3)16(14)17-15/h8,10,13H,4-7,9H2,1-3H3. The van der Waals surface area contributed by atoms with Crippen LogP contribution in [0.1, 0.15) is 35.8 Å². The number of ether oxygens (including phenoxy) is 1. The van der Waals surface area contributed by atoms with Gasteiger partial charge in [0.15, 0.2) is 11.9 Å². The fourth-order valence-corrected chi connectivity index (χ4v) is 3.09. The average Bonchev–Trinajstić information content (AvgIpc) is 3.12. The van der Waals surface area contributed by atoms with Gasteiger partial charge in [-0.05, 0) is 32.8 Å². The van der Waals surface area contributed by atoms with Gasteiger partial charge in [0.05, 0.1) is 17.4 Å². The smallest absolute Gasteiger partial charge is 0.160 e. The summed E-state index contributed by atoms with van der Waals surface area (Å²) in [6, 6.07) is 1.89. The Bertz CT molecular complexity index is 689. The van der Waals surface area contributed by atoms with Crippen molar-refractivity contribution in [3.05, 3.63) is 17.3 Å². The number of nitrogens with zero attached hydrogens (tertiary/aromatic N) is 4. The molecule has 0 N–H and O–H groups in total. The van der Waals surface area contributed by atoms with E-state index in [1.54, 1.807) is 4.68 Å². The van der Waals surface area contributed by atoms with Crippen molar-refractivity contribution in [1.29, 1.82) is 0 Å². The van der Waals surface area contributed by atoms with Gasteiger partial charge in [0.25, 0.3) is 0 Å². The predicted octanol–water partition coefficient (Wildman–Crippen LogP) is 2.09. The van der Waals surface area contributed by atoms with Crippen molar-refractivity contribution < 1.29 is 9.53 Å². The summed E-state index contributed by atoms with van der Waals surface area (Å²) in [5.74, 6) is 0.725. The van der Waals surface area contributed by atoms with E-state index in [9.17, 15) is 4.79 Å². The predicted molar refractivity (Wildman–Crippen MR) is 85.5 cm³/mol. The highest BCUT2D eigenvalue weighted by molar-refractivity contribution is 5.91. The summed E-state index contributed by atoms with van der Waals surface area (Å²) in [4.78, 5) is 18.4. The summed E-state index contributed by atoms with van der Waals surface area (Å²) in [5, 5.41) is 5.32. The lowest BCUT2D eigenvalue weighted by molar-refractivity contribution is 0.111. The van der Waals surface area contributed by atoms with Crippen molar-refractivity contribution in [2.45, 2.75) is 32.8 Å². The Labute approximate surface area is 130 Å². The van der Waals surface area contributed by atoms with Gasteiger partial charge in [-0.3, -0.25) is 9.48 Å². The van der Waals surface area contributed by atoms with E-state index in [1.807, 2.05) is 20.0 Å². The molecule has 1 fully saturated rings. The monoisotopic (exact) mass is 302 g/mol. The minimum atomic E-state index is 0.227. The molecule has 1 saturated heterocycles. The second kappa shape index (κ2) is 6.04. The van der Waals surface area contributed by atoms with E-state index in [2.05, 4.69) is 16.9 Å². The number of pyridine rings is 1. The number of aromatic nitrogens is 3. The van der Waals surface area contributed by atoms with Crippen molar-refractivity contribution in [1.82, 2.24) is 14.8 Å². The lowest BCUT2D eigenvalue weighted by atomic mass is 10.1. The Morgan fingerprint density at radius 2 is 2.36 bits per heavy atom. The summed E-state index contributed by atoms with van der Waals surface area (Å²) in [6.07, 6.45) is 3.29. The van der Waals surface area contributed by atoms with Crippen LogP contribution in [0.15, 0.2) is 6.07 Å². The molecule has 6 nitrogen and oxygen atoms in total. The quantitative estimate of drug-likeness (QED) is 0.792. The van der Waals surface area contributed by atoms with Gasteiger partial charge in [0, 0.05) is 32.1 Å². The molecule has 6 heteroatoms. The third-order valence-electron chi connectivity index (χ3n) is 4.26. The SMILES string of the molecule is CCN(CC1CCCO1)c1nc2c(cc1C=O)c(C)nn2C. The minimum absolute atomic E-state index is 0.227. The molecule has 0 aliphatic carbocycles. The molecular weight excluding hydrogens is 280 g/mol. The van der Waals surface area contributed by atoms with Crippen molar-refractivity contribution >= 4 is 23.1 Å². The molecule has 3 heterocycles. The Hall–Kier alpha value is -1.95. The topological polar surface area (TPSA) is 60.2 Å². The van der Waals surface area contributed by atoms with Gasteiger partial charge in [0.1, 0.15) is 5.82 Å². The van der Waals surface area contributed by atoms with E-state index in [0.29, 0.717) is 5.56 Å². The number of hydrogen-bond donors (Lipinski definition) is 0. The number of aryl methyl sites for hydroxylation is 2. The zero-order valence-electron chi connectivity index (χ0n) is 13.4. The fourth-order valence-electron chi connectivity index (χ4n) is 3.09. The zero-order valence-corrected chi connectivity index (χ0v) is 13.4. The van der Waals surface area contributed by atoms with Gasteiger partial charge in [-0.2, -0.15) is 5.10 Å². The summed E-state index contributed by atoms with van der Waals surface area (Å²) >= 11 is 0. The van der Waals surface area contributed by atoms with Crippen molar-refractivity contribution in [3.63, 3.8) is 0 Å². The van der Waals surface area contributed by atoms with E-state index >= 15 is 0 Å². The molecule has 1 atom stereocenters. The Balaban J connectivity index is 2.02. The van der Waals surface area contributed by atoms with Crippen LogP contribution in [0.25, 0.3) is 11.0 Å². The lowest BCUT2D eigenvalue weighted by Crippen LogP contribution is -2.33. The number of carbonyl (C=O) groups excluding carboxylic acids is 1. The molecule has 22 heavy (non-hydrogen) atoms. The molecule has 1 aliphatic heterocycles. The first-order valence-corrected chi connectivity index (χ1v) is 7.80. The maximum atomic E-state index is 11.5. The number of anilines is 1. The first-order chi connectivity index (χ1) is 10.6. The Morgan fingerprint density at radius 1 is 1.55 bits per heavy atom. The highest BCUT2D eigenvalue weighted by atomic mass is 16.5. The van der Waals surface area contributed by atoms with Crippen LogP contribution in [0, 0.1) is 6.92 Å². The van der Waals surface area contributed by atoms with Crippen LogP contribution < -0.4 is 4.90 Å². The molecule has 118 valence electrons. The van der Waals surface area contributed by atoms with E-state index in [4.69, 9.17) is 9.72 Å². The molecule has 1 aliphatic rings. The normalized spacial score (nSPS) is 18.0. The fraction of sp³-hybridized carbons (Fsp3) is 0.562. The van der Waals surface area contributed by atoms with E-state index in [1.165, 1.54) is 0 Å². The molecule has 0 radical (unpaired) electrons. The van der Waals surface area contributed by atoms with Crippen molar-refractivity contribution in [3.8, 4) is 0 Å². The van der Waals surface area contributed by atoms with Crippen LogP contribution in [0.3, 0.4) is 0 Å². The molecule has 0 aromatic carbocycles. The molecule has 0 bridgehead atoms. The summed E-state index contributed by atoms with van der Waals surface area (Å²) in [6.45, 7) is 6.39. The molecule has 3 rings (SSSR count). The summed E-state index contributed by atoms with van der Waals surface area (Å²) < 4.78 is 7.49. The average molecular weight is 302 g/mol. The van der Waals surface area contributed by atoms with Crippen LogP contribution in [0.4, 0.5) is 5.82 Å². The maximum Gasteiger partial charge on any atom is 0.160 e.